The van der Waals surface area contributed by atoms with Crippen LogP contribution < -0.4 is 10.9 Å². The Balaban J connectivity index is 2.08. The highest BCUT2D eigenvalue weighted by Crippen LogP contribution is 2.16. The van der Waals surface area contributed by atoms with E-state index in [9.17, 15) is 9.59 Å². The number of aryl methyl sites for hydroxylation is 2. The van der Waals surface area contributed by atoms with Crippen LogP contribution in [0.25, 0.3) is 0 Å². The molecule has 0 fully saturated rings. The molecule has 1 aliphatic rings. The second kappa shape index (κ2) is 5.99. The maximum absolute atomic E-state index is 11.9. The Kier molecular flexibility index (Phi) is 4.35. The number of aromatic nitrogens is 2. The maximum atomic E-state index is 11.9. The number of nitrogens with one attached hydrogen (secondary N) is 1. The molecule has 5 nitrogen and oxygen atoms in total. The van der Waals surface area contributed by atoms with Gasteiger partial charge in [0.15, 0.2) is 0 Å². The Morgan fingerprint density at radius 2 is 2.16 bits per heavy atom. The molecule has 0 aliphatic heterocycles. The van der Waals surface area contributed by atoms with Crippen LogP contribution in [0.3, 0.4) is 0 Å². The van der Waals surface area contributed by atoms with Crippen LogP contribution in [0.5, 0.6) is 0 Å². The molecule has 0 aromatic carbocycles. The second-order valence-corrected chi connectivity index (χ2v) is 5.52. The average Bonchev–Trinajstić information content (AvgIpc) is 2.37. The summed E-state index contributed by atoms with van der Waals surface area (Å²) in [5, 5.41) is 7.12. The van der Waals surface area contributed by atoms with Gasteiger partial charge in [0.25, 0.3) is 5.56 Å². The van der Waals surface area contributed by atoms with E-state index in [1.807, 2.05) is 13.8 Å². The summed E-state index contributed by atoms with van der Waals surface area (Å²) < 4.78 is 1.28. The second-order valence-electron chi connectivity index (χ2n) is 5.52. The number of hydrogen-bond acceptors (Lipinski definition) is 3. The predicted octanol–water partition coefficient (Wildman–Crippen LogP) is 0.894. The Morgan fingerprint density at radius 1 is 1.42 bits per heavy atom. The summed E-state index contributed by atoms with van der Waals surface area (Å²) >= 11 is 0. The molecule has 0 spiro atoms. The third-order valence-corrected chi connectivity index (χ3v) is 3.27. The van der Waals surface area contributed by atoms with E-state index in [4.69, 9.17) is 0 Å². The molecule has 0 radical (unpaired) electrons. The van der Waals surface area contributed by atoms with Crippen molar-refractivity contribution in [2.45, 2.75) is 46.1 Å². The molecule has 104 valence electrons. The number of nitrogens with zero attached hydrogens (tertiary/aromatic N) is 2. The molecule has 1 aromatic heterocycles. The van der Waals surface area contributed by atoms with Crippen molar-refractivity contribution >= 4 is 5.91 Å². The molecule has 5 heteroatoms. The fourth-order valence-electron chi connectivity index (χ4n) is 2.22. The zero-order valence-corrected chi connectivity index (χ0v) is 11.6. The lowest BCUT2D eigenvalue weighted by atomic mass is 9.97. The summed E-state index contributed by atoms with van der Waals surface area (Å²) in [6.45, 7) is 4.70. The summed E-state index contributed by atoms with van der Waals surface area (Å²) in [6, 6.07) is 1.64. The lowest BCUT2D eigenvalue weighted by molar-refractivity contribution is -0.122. The first-order valence-electron chi connectivity index (χ1n) is 6.93. The van der Waals surface area contributed by atoms with Crippen LogP contribution in [0, 0.1) is 5.92 Å². The Labute approximate surface area is 113 Å². The Morgan fingerprint density at radius 3 is 2.89 bits per heavy atom. The molecule has 1 aromatic rings. The fourth-order valence-corrected chi connectivity index (χ4v) is 2.22. The molecule has 1 heterocycles. The Hall–Kier alpha value is -1.65. The van der Waals surface area contributed by atoms with E-state index < -0.39 is 0 Å². The SMILES string of the molecule is CC(C)CNC(=O)Cn1nc2c(cc1=O)CCCC2. The van der Waals surface area contributed by atoms with Gasteiger partial charge in [0, 0.05) is 12.6 Å². The van der Waals surface area contributed by atoms with Crippen molar-refractivity contribution in [3.8, 4) is 0 Å². The summed E-state index contributed by atoms with van der Waals surface area (Å²) in [5.74, 6) is 0.247. The average molecular weight is 263 g/mol. The van der Waals surface area contributed by atoms with Crippen molar-refractivity contribution in [1.29, 1.82) is 0 Å². The first-order valence-corrected chi connectivity index (χ1v) is 6.93. The molecule has 19 heavy (non-hydrogen) atoms. The minimum atomic E-state index is -0.180. The molecule has 1 amide bonds. The first kappa shape index (κ1) is 13.8. The van der Waals surface area contributed by atoms with Crippen LogP contribution in [-0.2, 0) is 24.2 Å². The number of rotatable bonds is 4. The molecule has 0 saturated heterocycles. The van der Waals surface area contributed by atoms with E-state index >= 15 is 0 Å². The highest BCUT2D eigenvalue weighted by atomic mass is 16.2. The monoisotopic (exact) mass is 263 g/mol. The van der Waals surface area contributed by atoms with Gasteiger partial charge in [0.1, 0.15) is 6.54 Å². The van der Waals surface area contributed by atoms with Crippen molar-refractivity contribution in [1.82, 2.24) is 15.1 Å². The molecule has 0 saturated carbocycles. The van der Waals surface area contributed by atoms with Crippen LogP contribution in [0.4, 0.5) is 0 Å². The van der Waals surface area contributed by atoms with E-state index in [1.165, 1.54) is 4.68 Å². The van der Waals surface area contributed by atoms with Crippen LogP contribution in [-0.4, -0.2) is 22.2 Å². The number of amides is 1. The van der Waals surface area contributed by atoms with Crippen molar-refractivity contribution in [2.24, 2.45) is 5.92 Å². The van der Waals surface area contributed by atoms with Crippen molar-refractivity contribution in [2.75, 3.05) is 6.54 Å². The van der Waals surface area contributed by atoms with Gasteiger partial charge in [-0.3, -0.25) is 9.59 Å². The summed E-state index contributed by atoms with van der Waals surface area (Å²) in [4.78, 5) is 23.6. The summed E-state index contributed by atoms with van der Waals surface area (Å²) in [5.41, 5.74) is 1.85. The van der Waals surface area contributed by atoms with Crippen molar-refractivity contribution in [3.05, 3.63) is 27.7 Å². The molecule has 0 bridgehead atoms. The van der Waals surface area contributed by atoms with Crippen LogP contribution in [0.1, 0.15) is 37.9 Å². The van der Waals surface area contributed by atoms with Gasteiger partial charge in [-0.1, -0.05) is 13.8 Å². The topological polar surface area (TPSA) is 64.0 Å². The highest BCUT2D eigenvalue weighted by Gasteiger charge is 2.14. The normalized spacial score (nSPS) is 14.3. The van der Waals surface area contributed by atoms with Gasteiger partial charge in [-0.2, -0.15) is 5.10 Å². The molecule has 0 unspecified atom stereocenters. The molecule has 1 N–H and O–H groups in total. The quantitative estimate of drug-likeness (QED) is 0.877. The molecule has 0 atom stereocenters. The van der Waals surface area contributed by atoms with Gasteiger partial charge in [-0.05, 0) is 37.2 Å². The van der Waals surface area contributed by atoms with Gasteiger partial charge < -0.3 is 5.32 Å². The van der Waals surface area contributed by atoms with Crippen molar-refractivity contribution in [3.63, 3.8) is 0 Å². The minimum absolute atomic E-state index is 0.0127. The van der Waals surface area contributed by atoms with Gasteiger partial charge in [-0.15, -0.1) is 0 Å². The number of carbonyl (C=O) groups is 1. The van der Waals surface area contributed by atoms with Crippen LogP contribution in [0.2, 0.25) is 0 Å². The van der Waals surface area contributed by atoms with Gasteiger partial charge >= 0.3 is 0 Å². The molecular weight excluding hydrogens is 242 g/mol. The molecular formula is C14H21N3O2. The van der Waals surface area contributed by atoms with Gasteiger partial charge in [0.05, 0.1) is 5.69 Å². The van der Waals surface area contributed by atoms with E-state index in [2.05, 4.69) is 10.4 Å². The first-order chi connectivity index (χ1) is 9.06. The van der Waals surface area contributed by atoms with E-state index in [0.29, 0.717) is 12.5 Å². The minimum Gasteiger partial charge on any atom is -0.354 e. The van der Waals surface area contributed by atoms with E-state index in [0.717, 1.165) is 36.9 Å². The van der Waals surface area contributed by atoms with E-state index in [-0.39, 0.29) is 18.0 Å². The highest BCUT2D eigenvalue weighted by molar-refractivity contribution is 5.75. The summed E-state index contributed by atoms with van der Waals surface area (Å²) in [6.07, 6.45) is 4.06. The van der Waals surface area contributed by atoms with Gasteiger partial charge in [-0.25, -0.2) is 4.68 Å². The lowest BCUT2D eigenvalue weighted by Crippen LogP contribution is -2.36. The zero-order chi connectivity index (χ0) is 13.8. The molecule has 2 rings (SSSR count). The van der Waals surface area contributed by atoms with Crippen LogP contribution in [0.15, 0.2) is 10.9 Å². The summed E-state index contributed by atoms with van der Waals surface area (Å²) in [7, 11) is 0. The third kappa shape index (κ3) is 3.66. The van der Waals surface area contributed by atoms with Crippen LogP contribution >= 0.6 is 0 Å². The number of hydrogen-bond donors (Lipinski definition) is 1. The standard InChI is InChI=1S/C14H21N3O2/c1-10(2)8-15-13(18)9-17-14(19)7-11-5-3-4-6-12(11)16-17/h7,10H,3-6,8-9H2,1-2H3,(H,15,18). The van der Waals surface area contributed by atoms with Gasteiger partial charge in [0.2, 0.25) is 5.91 Å². The fraction of sp³-hybridized carbons (Fsp3) is 0.643. The van der Waals surface area contributed by atoms with Crippen molar-refractivity contribution < 1.29 is 4.79 Å². The number of carbonyl (C=O) groups excluding carboxylic acids is 1. The number of fused-ring (bicyclic) bond motifs is 1. The largest absolute Gasteiger partial charge is 0.354 e. The van der Waals surface area contributed by atoms with E-state index in [1.54, 1.807) is 6.07 Å². The maximum Gasteiger partial charge on any atom is 0.267 e. The lowest BCUT2D eigenvalue weighted by Gasteiger charge is -2.16. The zero-order valence-electron chi connectivity index (χ0n) is 11.6. The molecule has 1 aliphatic carbocycles. The Bertz CT molecular complexity index is 520. The predicted molar refractivity (Wildman–Crippen MR) is 73.0 cm³/mol. The third-order valence-electron chi connectivity index (χ3n) is 3.27. The smallest absolute Gasteiger partial charge is 0.267 e.